The molecule has 5 heteroatoms. The van der Waals surface area contributed by atoms with E-state index in [1.165, 1.54) is 7.05 Å². The molecule has 0 aliphatic carbocycles. The second kappa shape index (κ2) is 5.93. The number of carbonyl (C=O) groups excluding carboxylic acids is 1. The summed E-state index contributed by atoms with van der Waals surface area (Å²) in [6.07, 6.45) is -0.506. The van der Waals surface area contributed by atoms with E-state index in [9.17, 15) is 4.79 Å². The van der Waals surface area contributed by atoms with Crippen LogP contribution >= 0.6 is 0 Å². The Balaban J connectivity index is 3.11. The summed E-state index contributed by atoms with van der Waals surface area (Å²) >= 11 is 0. The zero-order chi connectivity index (χ0) is 14.6. The summed E-state index contributed by atoms with van der Waals surface area (Å²) < 4.78 is 11.2. The van der Waals surface area contributed by atoms with Crippen molar-refractivity contribution in [3.05, 3.63) is 23.8 Å². The normalized spacial score (nSPS) is 12.7. The summed E-state index contributed by atoms with van der Waals surface area (Å²) in [5.74, 6) is 0.973. The monoisotopic (exact) mass is 267 g/mol. The number of ether oxygens (including phenoxy) is 2. The van der Waals surface area contributed by atoms with Crippen LogP contribution in [0.25, 0.3) is 0 Å². The summed E-state index contributed by atoms with van der Waals surface area (Å²) in [5, 5.41) is 2.42. The van der Waals surface area contributed by atoms with E-state index in [2.05, 4.69) is 33.4 Å². The van der Waals surface area contributed by atoms with Gasteiger partial charge in [-0.15, -0.1) is 0 Å². The fraction of sp³-hybridized carbons (Fsp3) is 0.500. The van der Waals surface area contributed by atoms with Gasteiger partial charge in [-0.1, -0.05) is 0 Å². The molecule has 1 aromatic rings. The third-order valence-corrected chi connectivity index (χ3v) is 3.24. The first-order valence-electron chi connectivity index (χ1n) is 6.18. The van der Waals surface area contributed by atoms with Gasteiger partial charge in [-0.3, -0.25) is 0 Å². The summed E-state index contributed by atoms with van der Waals surface area (Å²) in [6, 6.07) is 5.93. The minimum atomic E-state index is -0.506. The molecule has 1 amide bonds. The average Bonchev–Trinajstić information content (AvgIpc) is 2.36. The molecular weight excluding hydrogens is 244 g/mol. The van der Waals surface area contributed by atoms with E-state index in [-0.39, 0.29) is 6.04 Å². The lowest BCUT2D eigenvalue weighted by Gasteiger charge is -2.32. The van der Waals surface area contributed by atoms with Gasteiger partial charge in [-0.05, 0) is 25.1 Å². The molecule has 19 heavy (non-hydrogen) atoms. The smallest absolute Gasteiger partial charge is 0.412 e. The maximum absolute atomic E-state index is 11.3. The Morgan fingerprint density at radius 1 is 1.26 bits per heavy atom. The third kappa shape index (κ3) is 3.86. The summed E-state index contributed by atoms with van der Waals surface area (Å²) in [4.78, 5) is 11.3. The van der Waals surface area contributed by atoms with Crippen molar-refractivity contribution >= 4 is 6.09 Å². The van der Waals surface area contributed by atoms with Crippen molar-refractivity contribution in [2.75, 3.05) is 35.3 Å². The Bertz CT molecular complexity index is 452. The SMILES string of the molecule is CNC(=O)Oc1cc(C(C)[N+](C)(C)C)ccc1OC. The number of nitrogens with one attached hydrogen (secondary N) is 1. The number of hydrogen-bond acceptors (Lipinski definition) is 3. The summed E-state index contributed by atoms with van der Waals surface area (Å²) in [5.41, 5.74) is 1.09. The van der Waals surface area contributed by atoms with Crippen LogP contribution in [0.3, 0.4) is 0 Å². The number of amides is 1. The van der Waals surface area contributed by atoms with E-state index in [1.54, 1.807) is 7.11 Å². The van der Waals surface area contributed by atoms with Gasteiger partial charge in [-0.25, -0.2) is 4.79 Å². The number of nitrogens with zero attached hydrogens (tertiary/aromatic N) is 1. The maximum atomic E-state index is 11.3. The molecule has 0 fully saturated rings. The number of methoxy groups -OCH3 is 1. The van der Waals surface area contributed by atoms with Crippen molar-refractivity contribution in [3.63, 3.8) is 0 Å². The Labute approximate surface area is 114 Å². The molecule has 0 spiro atoms. The number of quaternary nitrogens is 1. The largest absolute Gasteiger partial charge is 0.493 e. The predicted molar refractivity (Wildman–Crippen MR) is 74.5 cm³/mol. The van der Waals surface area contributed by atoms with Crippen LogP contribution in [0.15, 0.2) is 18.2 Å². The second-order valence-corrected chi connectivity index (χ2v) is 5.34. The first-order chi connectivity index (χ1) is 8.79. The van der Waals surface area contributed by atoms with Gasteiger partial charge in [0.25, 0.3) is 0 Å². The molecule has 5 nitrogen and oxygen atoms in total. The number of benzene rings is 1. The fourth-order valence-electron chi connectivity index (χ4n) is 1.63. The molecule has 0 aromatic heterocycles. The lowest BCUT2D eigenvalue weighted by Crippen LogP contribution is -2.37. The van der Waals surface area contributed by atoms with Gasteiger partial charge in [0.05, 0.1) is 28.3 Å². The topological polar surface area (TPSA) is 47.6 Å². The number of carbonyl (C=O) groups is 1. The van der Waals surface area contributed by atoms with Gasteiger partial charge in [0, 0.05) is 12.6 Å². The lowest BCUT2D eigenvalue weighted by molar-refractivity contribution is -0.900. The highest BCUT2D eigenvalue weighted by Gasteiger charge is 2.22. The van der Waals surface area contributed by atoms with Crippen LogP contribution in [-0.2, 0) is 0 Å². The Morgan fingerprint density at radius 2 is 1.89 bits per heavy atom. The lowest BCUT2D eigenvalue weighted by atomic mass is 10.1. The summed E-state index contributed by atoms with van der Waals surface area (Å²) in [7, 11) is 9.43. The highest BCUT2D eigenvalue weighted by Crippen LogP contribution is 2.32. The molecular formula is C14H23N2O3+. The average molecular weight is 267 g/mol. The Morgan fingerprint density at radius 3 is 2.37 bits per heavy atom. The molecule has 1 aromatic carbocycles. The Hall–Kier alpha value is -1.75. The van der Waals surface area contributed by atoms with Crippen molar-refractivity contribution in [2.45, 2.75) is 13.0 Å². The van der Waals surface area contributed by atoms with Gasteiger partial charge in [-0.2, -0.15) is 0 Å². The fourth-order valence-corrected chi connectivity index (χ4v) is 1.63. The Kier molecular flexibility index (Phi) is 4.78. The van der Waals surface area contributed by atoms with Crippen molar-refractivity contribution in [1.82, 2.24) is 5.32 Å². The molecule has 0 heterocycles. The van der Waals surface area contributed by atoms with Gasteiger partial charge >= 0.3 is 6.09 Å². The molecule has 0 radical (unpaired) electrons. The minimum absolute atomic E-state index is 0.276. The zero-order valence-corrected chi connectivity index (χ0v) is 12.5. The molecule has 1 rings (SSSR count). The van der Waals surface area contributed by atoms with E-state index in [0.29, 0.717) is 11.5 Å². The third-order valence-electron chi connectivity index (χ3n) is 3.24. The molecule has 1 atom stereocenters. The van der Waals surface area contributed by atoms with Crippen LogP contribution in [0, 0.1) is 0 Å². The van der Waals surface area contributed by atoms with E-state index in [0.717, 1.165) is 10.0 Å². The van der Waals surface area contributed by atoms with Gasteiger partial charge in [0.1, 0.15) is 6.04 Å². The standard InChI is InChI=1S/C14H22N2O3/c1-10(16(3,4)5)11-7-8-12(18-6)13(9-11)19-14(17)15-2/h7-10H,1-6H3/p+1. The van der Waals surface area contributed by atoms with E-state index >= 15 is 0 Å². The van der Waals surface area contributed by atoms with Crippen molar-refractivity contribution < 1.29 is 18.8 Å². The first kappa shape index (κ1) is 15.3. The highest BCUT2D eigenvalue weighted by molar-refractivity contribution is 5.71. The quantitative estimate of drug-likeness (QED) is 0.851. The minimum Gasteiger partial charge on any atom is -0.493 e. The summed E-state index contributed by atoms with van der Waals surface area (Å²) in [6.45, 7) is 2.13. The zero-order valence-electron chi connectivity index (χ0n) is 12.5. The molecule has 1 N–H and O–H groups in total. The first-order valence-corrected chi connectivity index (χ1v) is 6.18. The van der Waals surface area contributed by atoms with Crippen molar-refractivity contribution in [2.24, 2.45) is 0 Å². The van der Waals surface area contributed by atoms with Gasteiger partial charge in [0.2, 0.25) is 0 Å². The maximum Gasteiger partial charge on any atom is 0.412 e. The van der Waals surface area contributed by atoms with E-state index in [4.69, 9.17) is 9.47 Å². The van der Waals surface area contributed by atoms with Gasteiger partial charge in [0.15, 0.2) is 11.5 Å². The van der Waals surface area contributed by atoms with Crippen LogP contribution in [0.2, 0.25) is 0 Å². The van der Waals surface area contributed by atoms with Gasteiger partial charge < -0.3 is 19.3 Å². The van der Waals surface area contributed by atoms with Crippen LogP contribution in [0.4, 0.5) is 4.79 Å². The van der Waals surface area contributed by atoms with Crippen LogP contribution in [-0.4, -0.2) is 45.9 Å². The number of rotatable bonds is 4. The molecule has 0 bridgehead atoms. The molecule has 0 aliphatic rings. The van der Waals surface area contributed by atoms with Crippen molar-refractivity contribution in [1.29, 1.82) is 0 Å². The van der Waals surface area contributed by atoms with Crippen LogP contribution in [0.1, 0.15) is 18.5 Å². The molecule has 0 saturated heterocycles. The van der Waals surface area contributed by atoms with E-state index in [1.807, 2.05) is 18.2 Å². The van der Waals surface area contributed by atoms with E-state index < -0.39 is 6.09 Å². The highest BCUT2D eigenvalue weighted by atomic mass is 16.6. The van der Waals surface area contributed by atoms with Crippen molar-refractivity contribution in [3.8, 4) is 11.5 Å². The molecule has 1 unspecified atom stereocenters. The second-order valence-electron chi connectivity index (χ2n) is 5.34. The van der Waals surface area contributed by atoms with Crippen LogP contribution < -0.4 is 14.8 Å². The van der Waals surface area contributed by atoms with Crippen LogP contribution in [0.5, 0.6) is 11.5 Å². The molecule has 0 aliphatic heterocycles. The number of hydrogen-bond donors (Lipinski definition) is 1. The molecule has 106 valence electrons. The molecule has 0 saturated carbocycles. The predicted octanol–water partition coefficient (Wildman–Crippen LogP) is 2.18.